The number of anilines is 2. The van der Waals surface area contributed by atoms with Gasteiger partial charge in [-0.1, -0.05) is 6.07 Å². The highest BCUT2D eigenvalue weighted by molar-refractivity contribution is 5.88. The molecule has 1 aliphatic heterocycles. The van der Waals surface area contributed by atoms with E-state index < -0.39 is 6.85 Å². The zero-order valence-corrected chi connectivity index (χ0v) is 17.5. The van der Waals surface area contributed by atoms with Gasteiger partial charge in [0.15, 0.2) is 5.82 Å². The van der Waals surface area contributed by atoms with Crippen LogP contribution in [-0.4, -0.2) is 63.4 Å². The van der Waals surface area contributed by atoms with Crippen LogP contribution in [0.25, 0.3) is 5.82 Å². The van der Waals surface area contributed by atoms with Crippen LogP contribution in [0.1, 0.15) is 22.3 Å². The van der Waals surface area contributed by atoms with E-state index in [-0.39, 0.29) is 11.7 Å². The Kier molecular flexibility index (Phi) is 5.32. The topological polar surface area (TPSA) is 91.2 Å². The molecule has 0 aromatic carbocycles. The van der Waals surface area contributed by atoms with Crippen molar-refractivity contribution in [2.45, 2.75) is 20.3 Å². The van der Waals surface area contributed by atoms with Gasteiger partial charge in [0.1, 0.15) is 5.82 Å². The van der Waals surface area contributed by atoms with Gasteiger partial charge < -0.3 is 10.2 Å². The van der Waals surface area contributed by atoms with Gasteiger partial charge in [-0.3, -0.25) is 10.2 Å². The van der Waals surface area contributed by atoms with Crippen LogP contribution < -0.4 is 15.5 Å². The molecular formula is C22H28N8O. The van der Waals surface area contributed by atoms with Crippen LogP contribution in [0.3, 0.4) is 0 Å². The predicted molar refractivity (Wildman–Crippen MR) is 121 cm³/mol. The minimum absolute atomic E-state index is 0.0911. The lowest BCUT2D eigenvalue weighted by molar-refractivity contribution is 0.249. The highest BCUT2D eigenvalue weighted by atomic mass is 16.2. The van der Waals surface area contributed by atoms with Crippen LogP contribution in [0.2, 0.25) is 0 Å². The lowest BCUT2D eigenvalue weighted by atomic mass is 10.2. The molecule has 1 aliphatic rings. The summed E-state index contributed by atoms with van der Waals surface area (Å²) >= 11 is 0. The first-order chi connectivity index (χ1) is 16.3. The Bertz CT molecular complexity index is 1090. The number of aromatic nitrogens is 4. The summed E-state index contributed by atoms with van der Waals surface area (Å²) in [7, 11) is 0. The van der Waals surface area contributed by atoms with Crippen LogP contribution in [0.15, 0.2) is 48.9 Å². The van der Waals surface area contributed by atoms with E-state index in [1.807, 2.05) is 19.1 Å². The van der Waals surface area contributed by atoms with E-state index in [0.29, 0.717) is 37.0 Å². The number of aryl methyl sites for hydroxylation is 1. The fourth-order valence-corrected chi connectivity index (χ4v) is 3.55. The third kappa shape index (κ3) is 5.18. The number of nitrogens with zero attached hydrogens (tertiary/aromatic N) is 6. The molecule has 4 rings (SSSR count). The number of carbonyl (C=O) groups is 1. The molecule has 3 aromatic rings. The van der Waals surface area contributed by atoms with E-state index in [2.05, 4.69) is 35.5 Å². The maximum absolute atomic E-state index is 11.6. The molecule has 162 valence electrons. The predicted octanol–water partition coefficient (Wildman–Crippen LogP) is 2.43. The quantitative estimate of drug-likeness (QED) is 0.633. The third-order valence-corrected chi connectivity index (χ3v) is 5.12. The van der Waals surface area contributed by atoms with E-state index in [9.17, 15) is 4.79 Å². The van der Waals surface area contributed by atoms with Crippen molar-refractivity contribution < 1.29 is 8.91 Å². The summed E-state index contributed by atoms with van der Waals surface area (Å²) in [6, 6.07) is 8.86. The molecular weight excluding hydrogens is 392 g/mol. The lowest BCUT2D eigenvalue weighted by Gasteiger charge is -2.36. The van der Waals surface area contributed by atoms with Gasteiger partial charge in [-0.25, -0.2) is 19.4 Å². The summed E-state index contributed by atoms with van der Waals surface area (Å²) in [5.74, 6) is 0.985. The van der Waals surface area contributed by atoms with E-state index in [4.69, 9.17) is 4.11 Å². The van der Waals surface area contributed by atoms with Crippen LogP contribution in [0.4, 0.5) is 16.3 Å². The summed E-state index contributed by atoms with van der Waals surface area (Å²) in [6.45, 7) is 3.74. The summed E-state index contributed by atoms with van der Waals surface area (Å²) in [4.78, 5) is 24.7. The van der Waals surface area contributed by atoms with Crippen molar-refractivity contribution in [3.05, 3.63) is 60.2 Å². The molecule has 3 aromatic heterocycles. The average Bonchev–Trinajstić information content (AvgIpc) is 3.35. The highest BCUT2D eigenvalue weighted by Gasteiger charge is 2.19. The molecule has 4 heterocycles. The molecule has 1 fully saturated rings. The van der Waals surface area contributed by atoms with Crippen molar-refractivity contribution in [2.24, 2.45) is 0 Å². The first kappa shape index (κ1) is 17.2. The number of pyridine rings is 2. The molecule has 1 saturated heterocycles. The van der Waals surface area contributed by atoms with Gasteiger partial charge in [0, 0.05) is 62.0 Å². The van der Waals surface area contributed by atoms with Crippen molar-refractivity contribution >= 4 is 17.5 Å². The zero-order valence-electron chi connectivity index (χ0n) is 20.5. The van der Waals surface area contributed by atoms with Crippen molar-refractivity contribution in [1.29, 1.82) is 0 Å². The van der Waals surface area contributed by atoms with Crippen LogP contribution in [0.5, 0.6) is 0 Å². The molecule has 0 unspecified atom stereocenters. The Labute approximate surface area is 186 Å². The van der Waals surface area contributed by atoms with Gasteiger partial charge in [-0.05, 0) is 43.6 Å². The van der Waals surface area contributed by atoms with Gasteiger partial charge in [0.25, 0.3) is 0 Å². The van der Waals surface area contributed by atoms with Gasteiger partial charge in [-0.15, -0.1) is 0 Å². The first-order valence-corrected chi connectivity index (χ1v) is 10.3. The SMILES string of the molecule is [2H]C([2H])([2H])c1nc(-n2cccn2)ccc1N1CCN(Cc2ccc(NC(=O)NCC)nc2)CC1. The normalized spacial score (nSPS) is 16.3. The standard InChI is InChI=1S/C22H28N8O/c1-3-23-22(31)27-20-7-5-18(15-24-20)16-28-11-13-29(14-12-28)19-6-8-21(26-17(19)2)30-10-4-9-25-30/h4-10,15H,3,11-14,16H2,1-2H3,(H2,23,24,27,31)/i2D3. The number of amides is 2. The Morgan fingerprint density at radius 3 is 2.74 bits per heavy atom. The molecule has 0 aliphatic carbocycles. The summed E-state index contributed by atoms with van der Waals surface area (Å²) in [5, 5.41) is 9.51. The summed E-state index contributed by atoms with van der Waals surface area (Å²) < 4.78 is 25.5. The molecule has 2 amide bonds. The number of hydrogen-bond acceptors (Lipinski definition) is 6. The van der Waals surface area contributed by atoms with Crippen molar-refractivity contribution in [3.8, 4) is 5.82 Å². The monoisotopic (exact) mass is 423 g/mol. The van der Waals surface area contributed by atoms with Crippen LogP contribution in [-0.2, 0) is 6.54 Å². The zero-order chi connectivity index (χ0) is 24.1. The Morgan fingerprint density at radius 2 is 2.06 bits per heavy atom. The van der Waals surface area contributed by atoms with Crippen molar-refractivity contribution in [1.82, 2.24) is 30.0 Å². The number of hydrogen-bond donors (Lipinski definition) is 2. The Hall–Kier alpha value is -3.46. The molecule has 0 radical (unpaired) electrons. The maximum atomic E-state index is 11.6. The Balaban J connectivity index is 1.38. The van der Waals surface area contributed by atoms with Crippen molar-refractivity contribution in [3.63, 3.8) is 0 Å². The number of carbonyl (C=O) groups excluding carboxylic acids is 1. The Morgan fingerprint density at radius 1 is 1.19 bits per heavy atom. The van der Waals surface area contributed by atoms with Gasteiger partial charge in [0.05, 0.1) is 11.4 Å². The fraction of sp³-hybridized carbons (Fsp3) is 0.364. The number of urea groups is 1. The maximum Gasteiger partial charge on any atom is 0.320 e. The molecule has 9 heteroatoms. The van der Waals surface area contributed by atoms with Crippen molar-refractivity contribution in [2.75, 3.05) is 42.9 Å². The number of nitrogens with one attached hydrogen (secondary N) is 2. The van der Waals surface area contributed by atoms with E-state index >= 15 is 0 Å². The second kappa shape index (κ2) is 9.57. The fourth-order valence-electron chi connectivity index (χ4n) is 3.55. The molecule has 0 saturated carbocycles. The first-order valence-electron chi connectivity index (χ1n) is 11.8. The summed E-state index contributed by atoms with van der Waals surface area (Å²) in [5.41, 5.74) is 1.77. The van der Waals surface area contributed by atoms with Gasteiger partial charge in [0.2, 0.25) is 0 Å². The summed E-state index contributed by atoms with van der Waals surface area (Å²) in [6.07, 6.45) is 5.13. The van der Waals surface area contributed by atoms with E-state index in [0.717, 1.165) is 25.2 Å². The molecule has 2 N–H and O–H groups in total. The number of piperazine rings is 1. The van der Waals surface area contributed by atoms with Crippen LogP contribution in [0, 0.1) is 6.85 Å². The minimum Gasteiger partial charge on any atom is -0.368 e. The smallest absolute Gasteiger partial charge is 0.320 e. The second-order valence-corrected chi connectivity index (χ2v) is 7.29. The van der Waals surface area contributed by atoms with E-state index in [1.165, 1.54) is 0 Å². The third-order valence-electron chi connectivity index (χ3n) is 5.12. The molecule has 0 atom stereocenters. The molecule has 0 bridgehead atoms. The second-order valence-electron chi connectivity index (χ2n) is 7.29. The minimum atomic E-state index is -2.33. The molecule has 9 nitrogen and oxygen atoms in total. The largest absolute Gasteiger partial charge is 0.368 e. The van der Waals surface area contributed by atoms with Crippen LogP contribution >= 0.6 is 0 Å². The molecule has 0 spiro atoms. The number of rotatable bonds is 6. The van der Waals surface area contributed by atoms with E-state index in [1.54, 1.807) is 41.5 Å². The average molecular weight is 424 g/mol. The van der Waals surface area contributed by atoms with Gasteiger partial charge >= 0.3 is 6.03 Å². The van der Waals surface area contributed by atoms with Gasteiger partial charge in [-0.2, -0.15) is 5.10 Å². The lowest BCUT2D eigenvalue weighted by Crippen LogP contribution is -2.46. The molecule has 31 heavy (non-hydrogen) atoms. The highest BCUT2D eigenvalue weighted by Crippen LogP contribution is 2.22.